The monoisotopic (exact) mass is 360 g/mol. The molecule has 25 heavy (non-hydrogen) atoms. The number of nitrogens with zero attached hydrogens (tertiary/aromatic N) is 1. The van der Waals surface area contributed by atoms with Crippen LogP contribution in [0.25, 0.3) is 0 Å². The molecule has 2 aromatic carbocycles. The van der Waals surface area contributed by atoms with Crippen LogP contribution in [0.15, 0.2) is 53.4 Å². The highest BCUT2D eigenvalue weighted by Gasteiger charge is 2.24. The van der Waals surface area contributed by atoms with Gasteiger partial charge in [-0.05, 0) is 43.7 Å². The fourth-order valence-electron chi connectivity index (χ4n) is 2.35. The van der Waals surface area contributed by atoms with E-state index in [0.717, 1.165) is 11.3 Å². The molecule has 0 aromatic heterocycles. The van der Waals surface area contributed by atoms with Crippen molar-refractivity contribution in [2.75, 3.05) is 19.0 Å². The highest BCUT2D eigenvalue weighted by Crippen LogP contribution is 2.20. The van der Waals surface area contributed by atoms with E-state index in [9.17, 15) is 13.2 Å². The third kappa shape index (κ3) is 4.39. The number of carbonyl (C=O) groups excluding carboxylic acids is 1. The SMILES string of the molecule is CC(C)S(=O)(=O)c1ccccc1C(=O)NCc1ccc(N(C)C)cc1. The normalized spacial score (nSPS) is 11.4. The van der Waals surface area contributed by atoms with Gasteiger partial charge in [0.2, 0.25) is 0 Å². The number of rotatable bonds is 6. The van der Waals surface area contributed by atoms with Gasteiger partial charge in [0.05, 0.1) is 15.7 Å². The van der Waals surface area contributed by atoms with Crippen molar-refractivity contribution in [2.45, 2.75) is 30.5 Å². The van der Waals surface area contributed by atoms with E-state index in [-0.39, 0.29) is 10.5 Å². The van der Waals surface area contributed by atoms with Crippen LogP contribution in [0.4, 0.5) is 5.69 Å². The van der Waals surface area contributed by atoms with Crippen molar-refractivity contribution >= 4 is 21.4 Å². The Morgan fingerprint density at radius 1 is 1.04 bits per heavy atom. The first-order valence-corrected chi connectivity index (χ1v) is 9.65. The number of benzene rings is 2. The molecule has 1 N–H and O–H groups in total. The third-order valence-electron chi connectivity index (χ3n) is 3.96. The van der Waals surface area contributed by atoms with E-state index >= 15 is 0 Å². The highest BCUT2D eigenvalue weighted by molar-refractivity contribution is 7.92. The van der Waals surface area contributed by atoms with Gasteiger partial charge in [0, 0.05) is 26.3 Å². The fourth-order valence-corrected chi connectivity index (χ4v) is 3.59. The molecule has 0 unspecified atom stereocenters. The predicted octanol–water partition coefficient (Wildman–Crippen LogP) is 2.86. The van der Waals surface area contributed by atoms with E-state index < -0.39 is 21.0 Å². The van der Waals surface area contributed by atoms with E-state index in [4.69, 9.17) is 0 Å². The first kappa shape index (κ1) is 19.0. The zero-order valence-corrected chi connectivity index (χ0v) is 15.8. The summed E-state index contributed by atoms with van der Waals surface area (Å²) in [6.45, 7) is 3.55. The van der Waals surface area contributed by atoms with Crippen LogP contribution >= 0.6 is 0 Å². The maximum atomic E-state index is 12.5. The van der Waals surface area contributed by atoms with Gasteiger partial charge in [-0.15, -0.1) is 0 Å². The average Bonchev–Trinajstić information content (AvgIpc) is 2.59. The fraction of sp³-hybridized carbons (Fsp3) is 0.316. The summed E-state index contributed by atoms with van der Waals surface area (Å²) in [6, 6.07) is 14.1. The topological polar surface area (TPSA) is 66.5 Å². The van der Waals surface area contributed by atoms with Crippen molar-refractivity contribution in [1.82, 2.24) is 5.32 Å². The smallest absolute Gasteiger partial charge is 0.252 e. The van der Waals surface area contributed by atoms with Gasteiger partial charge in [-0.1, -0.05) is 24.3 Å². The van der Waals surface area contributed by atoms with E-state index in [2.05, 4.69) is 5.32 Å². The lowest BCUT2D eigenvalue weighted by atomic mass is 10.1. The Morgan fingerprint density at radius 2 is 1.64 bits per heavy atom. The lowest BCUT2D eigenvalue weighted by molar-refractivity contribution is 0.0947. The molecule has 1 amide bonds. The lowest BCUT2D eigenvalue weighted by Crippen LogP contribution is -2.26. The predicted molar refractivity (Wildman–Crippen MR) is 101 cm³/mol. The van der Waals surface area contributed by atoms with Gasteiger partial charge < -0.3 is 10.2 Å². The second-order valence-corrected chi connectivity index (χ2v) is 8.81. The summed E-state index contributed by atoms with van der Waals surface area (Å²) in [7, 11) is 0.405. The second-order valence-electron chi connectivity index (χ2n) is 6.33. The van der Waals surface area contributed by atoms with Crippen molar-refractivity contribution in [2.24, 2.45) is 0 Å². The molecular formula is C19H24N2O3S. The first-order chi connectivity index (χ1) is 11.7. The Hall–Kier alpha value is -2.34. The Morgan fingerprint density at radius 3 is 2.20 bits per heavy atom. The molecule has 0 heterocycles. The summed E-state index contributed by atoms with van der Waals surface area (Å²) in [5.41, 5.74) is 2.20. The van der Waals surface area contributed by atoms with Gasteiger partial charge in [0.15, 0.2) is 9.84 Å². The van der Waals surface area contributed by atoms with Crippen molar-refractivity contribution in [3.63, 3.8) is 0 Å². The standard InChI is InChI=1S/C19H24N2O3S/c1-14(2)25(23,24)18-8-6-5-7-17(18)19(22)20-13-15-9-11-16(12-10-15)21(3)4/h5-12,14H,13H2,1-4H3,(H,20,22). The van der Waals surface area contributed by atoms with Crippen molar-refractivity contribution in [1.29, 1.82) is 0 Å². The summed E-state index contributed by atoms with van der Waals surface area (Å²) < 4.78 is 24.9. The quantitative estimate of drug-likeness (QED) is 0.860. The van der Waals surface area contributed by atoms with E-state index in [0.29, 0.717) is 6.54 Å². The maximum Gasteiger partial charge on any atom is 0.252 e. The Balaban J connectivity index is 2.17. The largest absolute Gasteiger partial charge is 0.378 e. The van der Waals surface area contributed by atoms with Gasteiger partial charge in [-0.3, -0.25) is 4.79 Å². The minimum Gasteiger partial charge on any atom is -0.378 e. The molecule has 0 saturated heterocycles. The number of hydrogen-bond donors (Lipinski definition) is 1. The van der Waals surface area contributed by atoms with Crippen molar-refractivity contribution < 1.29 is 13.2 Å². The minimum absolute atomic E-state index is 0.0745. The molecule has 0 aliphatic heterocycles. The van der Waals surface area contributed by atoms with Gasteiger partial charge in [0.1, 0.15) is 0 Å². The molecule has 0 aliphatic rings. The van der Waals surface area contributed by atoms with Gasteiger partial charge in [0.25, 0.3) is 5.91 Å². The number of amides is 1. The van der Waals surface area contributed by atoms with Crippen LogP contribution in [0.2, 0.25) is 0 Å². The molecule has 0 bridgehead atoms. The van der Waals surface area contributed by atoms with Gasteiger partial charge in [-0.25, -0.2) is 8.42 Å². The molecule has 0 spiro atoms. The number of sulfone groups is 1. The number of carbonyl (C=O) groups is 1. The summed E-state index contributed by atoms with van der Waals surface area (Å²) >= 11 is 0. The Labute approximate surface area is 149 Å². The van der Waals surface area contributed by atoms with Crippen LogP contribution in [0.3, 0.4) is 0 Å². The molecular weight excluding hydrogens is 336 g/mol. The molecule has 5 nitrogen and oxygen atoms in total. The minimum atomic E-state index is -3.52. The molecule has 6 heteroatoms. The molecule has 0 atom stereocenters. The molecule has 0 saturated carbocycles. The maximum absolute atomic E-state index is 12.5. The number of hydrogen-bond acceptors (Lipinski definition) is 4. The third-order valence-corrected chi connectivity index (χ3v) is 6.17. The van der Waals surface area contributed by atoms with Crippen molar-refractivity contribution in [3.8, 4) is 0 Å². The van der Waals surface area contributed by atoms with Crippen molar-refractivity contribution in [3.05, 3.63) is 59.7 Å². The molecule has 0 aliphatic carbocycles. The number of anilines is 1. The zero-order chi connectivity index (χ0) is 18.6. The Bertz CT molecular complexity index is 841. The van der Waals surface area contributed by atoms with Crippen LogP contribution in [0.1, 0.15) is 29.8 Å². The highest BCUT2D eigenvalue weighted by atomic mass is 32.2. The van der Waals surface area contributed by atoms with Crippen LogP contribution in [0.5, 0.6) is 0 Å². The summed E-state index contributed by atoms with van der Waals surface area (Å²) in [5.74, 6) is -0.392. The van der Waals surface area contributed by atoms with Crippen LogP contribution < -0.4 is 10.2 Å². The molecule has 2 aromatic rings. The van der Waals surface area contributed by atoms with Gasteiger partial charge >= 0.3 is 0 Å². The Kier molecular flexibility index (Phi) is 5.85. The lowest BCUT2D eigenvalue weighted by Gasteiger charge is -2.14. The molecule has 0 radical (unpaired) electrons. The summed E-state index contributed by atoms with van der Waals surface area (Å²) in [5, 5.41) is 2.22. The molecule has 2 rings (SSSR count). The average molecular weight is 360 g/mol. The first-order valence-electron chi connectivity index (χ1n) is 8.11. The van der Waals surface area contributed by atoms with Crippen LogP contribution in [-0.4, -0.2) is 33.7 Å². The van der Waals surface area contributed by atoms with Gasteiger partial charge in [-0.2, -0.15) is 0 Å². The van der Waals surface area contributed by atoms with Crippen LogP contribution in [0, 0.1) is 0 Å². The molecule has 134 valence electrons. The molecule has 0 fully saturated rings. The second kappa shape index (κ2) is 7.70. The summed E-state index contributed by atoms with van der Waals surface area (Å²) in [4.78, 5) is 14.6. The van der Waals surface area contributed by atoms with E-state index in [1.54, 1.807) is 32.0 Å². The van der Waals surface area contributed by atoms with E-state index in [1.807, 2.05) is 43.3 Å². The summed E-state index contributed by atoms with van der Waals surface area (Å²) in [6.07, 6.45) is 0. The zero-order valence-electron chi connectivity index (χ0n) is 15.0. The van der Waals surface area contributed by atoms with E-state index in [1.165, 1.54) is 6.07 Å². The van der Waals surface area contributed by atoms with Crippen LogP contribution in [-0.2, 0) is 16.4 Å². The number of nitrogens with one attached hydrogen (secondary N) is 1.